The second-order valence-corrected chi connectivity index (χ2v) is 2.21. The van der Waals surface area contributed by atoms with E-state index in [1.165, 1.54) is 6.20 Å². The first kappa shape index (κ1) is 7.67. The predicted octanol–water partition coefficient (Wildman–Crippen LogP) is 0.420. The van der Waals surface area contributed by atoms with Crippen molar-refractivity contribution in [2.24, 2.45) is 0 Å². The molecule has 1 rings (SSSR count). The fourth-order valence-corrected chi connectivity index (χ4v) is 0.736. The SMILES string of the molecule is Nc1cnc(=S)[nH]c1C(=O)O. The highest BCUT2D eigenvalue weighted by Gasteiger charge is 2.06. The van der Waals surface area contributed by atoms with Gasteiger partial charge in [0.15, 0.2) is 10.5 Å². The average Bonchev–Trinajstić information content (AvgIpc) is 1.94. The lowest BCUT2D eigenvalue weighted by molar-refractivity contribution is 0.0691. The number of hydrogen-bond donors (Lipinski definition) is 3. The third-order valence-electron chi connectivity index (χ3n) is 1.06. The second kappa shape index (κ2) is 2.67. The smallest absolute Gasteiger partial charge is 0.354 e. The van der Waals surface area contributed by atoms with Crippen LogP contribution in [-0.4, -0.2) is 21.0 Å². The summed E-state index contributed by atoms with van der Waals surface area (Å²) in [5.74, 6) is -1.14. The number of nitrogens with one attached hydrogen (secondary N) is 1. The van der Waals surface area contributed by atoms with Crippen LogP contribution in [0.5, 0.6) is 0 Å². The molecule has 0 amide bonds. The molecule has 0 spiro atoms. The summed E-state index contributed by atoms with van der Waals surface area (Å²) in [5, 5.41) is 8.50. The maximum absolute atomic E-state index is 10.4. The molecule has 1 aromatic rings. The maximum atomic E-state index is 10.4. The number of nitrogen functional groups attached to an aromatic ring is 1. The lowest BCUT2D eigenvalue weighted by Gasteiger charge is -1.97. The van der Waals surface area contributed by atoms with Crippen molar-refractivity contribution in [3.05, 3.63) is 16.7 Å². The van der Waals surface area contributed by atoms with Gasteiger partial charge >= 0.3 is 5.97 Å². The minimum atomic E-state index is -1.14. The van der Waals surface area contributed by atoms with Crippen LogP contribution in [0.15, 0.2) is 6.20 Å². The molecule has 5 nitrogen and oxygen atoms in total. The molecule has 0 saturated heterocycles. The van der Waals surface area contributed by atoms with E-state index in [0.717, 1.165) is 0 Å². The van der Waals surface area contributed by atoms with E-state index in [0.29, 0.717) is 0 Å². The Kier molecular flexibility index (Phi) is 1.86. The van der Waals surface area contributed by atoms with Gasteiger partial charge in [0.05, 0.1) is 11.9 Å². The molecule has 0 aromatic carbocycles. The summed E-state index contributed by atoms with van der Waals surface area (Å²) in [4.78, 5) is 16.3. The van der Waals surface area contributed by atoms with Crippen LogP contribution in [0, 0.1) is 4.77 Å². The van der Waals surface area contributed by atoms with Gasteiger partial charge in [-0.2, -0.15) is 0 Å². The number of aromatic amines is 1. The Labute approximate surface area is 66.9 Å². The highest BCUT2D eigenvalue weighted by molar-refractivity contribution is 7.71. The first-order valence-electron chi connectivity index (χ1n) is 2.69. The number of carboxylic acids is 1. The molecule has 58 valence electrons. The van der Waals surface area contributed by atoms with Gasteiger partial charge in [0, 0.05) is 0 Å². The molecule has 0 aliphatic carbocycles. The summed E-state index contributed by atoms with van der Waals surface area (Å²) in [5.41, 5.74) is 5.22. The summed E-state index contributed by atoms with van der Waals surface area (Å²) in [7, 11) is 0. The zero-order valence-electron chi connectivity index (χ0n) is 5.37. The molecule has 0 fully saturated rings. The van der Waals surface area contributed by atoms with Gasteiger partial charge < -0.3 is 15.8 Å². The molecule has 0 saturated carbocycles. The van der Waals surface area contributed by atoms with Gasteiger partial charge in [-0.3, -0.25) is 0 Å². The van der Waals surface area contributed by atoms with Gasteiger partial charge in [-0.15, -0.1) is 0 Å². The molecule has 1 heterocycles. The van der Waals surface area contributed by atoms with Crippen molar-refractivity contribution in [1.82, 2.24) is 9.97 Å². The van der Waals surface area contributed by atoms with E-state index in [-0.39, 0.29) is 16.2 Å². The third-order valence-corrected chi connectivity index (χ3v) is 1.26. The van der Waals surface area contributed by atoms with Crippen LogP contribution in [0.1, 0.15) is 10.5 Å². The first-order valence-corrected chi connectivity index (χ1v) is 3.10. The van der Waals surface area contributed by atoms with E-state index in [4.69, 9.17) is 10.8 Å². The number of anilines is 1. The summed E-state index contributed by atoms with van der Waals surface area (Å²) in [6.07, 6.45) is 1.21. The molecule has 0 aliphatic heterocycles. The quantitative estimate of drug-likeness (QED) is 0.532. The van der Waals surface area contributed by atoms with E-state index in [1.54, 1.807) is 0 Å². The lowest BCUT2D eigenvalue weighted by Crippen LogP contribution is -2.06. The van der Waals surface area contributed by atoms with Crippen LogP contribution in [0.3, 0.4) is 0 Å². The lowest BCUT2D eigenvalue weighted by atomic mass is 10.3. The second-order valence-electron chi connectivity index (χ2n) is 1.82. The Hall–Kier alpha value is -1.43. The van der Waals surface area contributed by atoms with Crippen LogP contribution < -0.4 is 5.73 Å². The molecule has 4 N–H and O–H groups in total. The Morgan fingerprint density at radius 2 is 2.45 bits per heavy atom. The van der Waals surface area contributed by atoms with Gasteiger partial charge in [-0.1, -0.05) is 0 Å². The topological polar surface area (TPSA) is 92.0 Å². The fraction of sp³-hybridized carbons (Fsp3) is 0. The van der Waals surface area contributed by atoms with Crippen molar-refractivity contribution in [3.8, 4) is 0 Å². The zero-order chi connectivity index (χ0) is 8.43. The van der Waals surface area contributed by atoms with Crippen molar-refractivity contribution >= 4 is 23.9 Å². The molecule has 0 atom stereocenters. The average molecular weight is 171 g/mol. The Balaban J connectivity index is 3.35. The van der Waals surface area contributed by atoms with Gasteiger partial charge in [0.2, 0.25) is 0 Å². The summed E-state index contributed by atoms with van der Waals surface area (Å²) < 4.78 is 0.108. The van der Waals surface area contributed by atoms with E-state index in [1.807, 2.05) is 0 Å². The number of carboxylic acid groups (broad SMARTS) is 1. The van der Waals surface area contributed by atoms with Gasteiger partial charge in [-0.25, -0.2) is 9.78 Å². The molecule has 0 unspecified atom stereocenters. The molecular formula is C5H5N3O2S. The Morgan fingerprint density at radius 1 is 1.82 bits per heavy atom. The Morgan fingerprint density at radius 3 is 2.91 bits per heavy atom. The van der Waals surface area contributed by atoms with Gasteiger partial charge in [-0.05, 0) is 12.2 Å². The molecule has 1 aromatic heterocycles. The molecule has 0 radical (unpaired) electrons. The zero-order valence-corrected chi connectivity index (χ0v) is 6.18. The molecule has 11 heavy (non-hydrogen) atoms. The normalized spacial score (nSPS) is 9.45. The number of rotatable bonds is 1. The maximum Gasteiger partial charge on any atom is 0.354 e. The largest absolute Gasteiger partial charge is 0.477 e. The minimum absolute atomic E-state index is 0.0751. The number of nitrogens with zero attached hydrogens (tertiary/aromatic N) is 1. The number of hydrogen-bond acceptors (Lipinski definition) is 4. The Bertz CT molecular complexity index is 346. The van der Waals surface area contributed by atoms with Crippen LogP contribution in [0.2, 0.25) is 0 Å². The number of carbonyl (C=O) groups is 1. The number of aromatic nitrogens is 2. The number of aromatic carboxylic acids is 1. The molecule has 0 aliphatic rings. The van der Waals surface area contributed by atoms with Crippen molar-refractivity contribution in [2.75, 3.05) is 5.73 Å². The number of nitrogens with two attached hydrogens (primary N) is 1. The first-order chi connectivity index (χ1) is 5.11. The molecule has 6 heteroatoms. The minimum Gasteiger partial charge on any atom is -0.477 e. The molecule has 0 bridgehead atoms. The van der Waals surface area contributed by atoms with E-state index in [2.05, 4.69) is 22.2 Å². The van der Waals surface area contributed by atoms with Crippen molar-refractivity contribution in [2.45, 2.75) is 0 Å². The van der Waals surface area contributed by atoms with Gasteiger partial charge in [0.1, 0.15) is 0 Å². The van der Waals surface area contributed by atoms with E-state index < -0.39 is 5.97 Å². The fourth-order valence-electron chi connectivity index (χ4n) is 0.581. The number of H-pyrrole nitrogens is 1. The van der Waals surface area contributed by atoms with Gasteiger partial charge in [0.25, 0.3) is 0 Å². The molecular weight excluding hydrogens is 166 g/mol. The summed E-state index contributed by atoms with van der Waals surface area (Å²) >= 11 is 4.59. The van der Waals surface area contributed by atoms with E-state index >= 15 is 0 Å². The highest BCUT2D eigenvalue weighted by Crippen LogP contribution is 2.04. The third kappa shape index (κ3) is 1.53. The summed E-state index contributed by atoms with van der Waals surface area (Å²) in [6.45, 7) is 0. The monoisotopic (exact) mass is 171 g/mol. The van der Waals surface area contributed by atoms with Crippen molar-refractivity contribution < 1.29 is 9.90 Å². The van der Waals surface area contributed by atoms with Crippen LogP contribution in [0.4, 0.5) is 5.69 Å². The van der Waals surface area contributed by atoms with E-state index in [9.17, 15) is 4.79 Å². The van der Waals surface area contributed by atoms with Crippen molar-refractivity contribution in [1.29, 1.82) is 0 Å². The summed E-state index contributed by atoms with van der Waals surface area (Å²) in [6, 6.07) is 0. The van der Waals surface area contributed by atoms with Crippen molar-refractivity contribution in [3.63, 3.8) is 0 Å². The van der Waals surface area contributed by atoms with Crippen LogP contribution >= 0.6 is 12.2 Å². The van der Waals surface area contributed by atoms with Crippen LogP contribution in [-0.2, 0) is 0 Å². The standard InChI is InChI=1S/C5H5N3O2S/c6-2-1-7-5(11)8-3(2)4(9)10/h1H,6H2,(H,9,10)(H,7,8,11). The predicted molar refractivity (Wildman–Crippen MR) is 40.8 cm³/mol. The highest BCUT2D eigenvalue weighted by atomic mass is 32.1. The van der Waals surface area contributed by atoms with Crippen LogP contribution in [0.25, 0.3) is 0 Å².